The van der Waals surface area contributed by atoms with Crippen LogP contribution in [0.4, 0.5) is 5.00 Å². The zero-order chi connectivity index (χ0) is 21.0. The largest absolute Gasteiger partial charge is 0.497 e. The fraction of sp³-hybridized carbons (Fsp3) is 0.263. The number of carbonyl (C=O) groups is 2. The molecule has 0 unspecified atom stereocenters. The van der Waals surface area contributed by atoms with E-state index in [-0.39, 0.29) is 35.9 Å². The van der Waals surface area contributed by atoms with Gasteiger partial charge in [-0.2, -0.15) is 9.78 Å². The molecule has 0 bridgehead atoms. The smallest absolute Gasteiger partial charge is 0.359 e. The summed E-state index contributed by atoms with van der Waals surface area (Å²) in [5.41, 5.74) is -0.0421. The summed E-state index contributed by atoms with van der Waals surface area (Å²) in [5.74, 6) is -0.219. The summed E-state index contributed by atoms with van der Waals surface area (Å²) in [6.45, 7) is 1.84. The molecule has 29 heavy (non-hydrogen) atoms. The number of methoxy groups -OCH3 is 1. The highest BCUT2D eigenvalue weighted by atomic mass is 35.5. The predicted molar refractivity (Wildman–Crippen MR) is 112 cm³/mol. The van der Waals surface area contributed by atoms with E-state index in [4.69, 9.17) is 21.1 Å². The van der Waals surface area contributed by atoms with E-state index < -0.39 is 11.5 Å². The van der Waals surface area contributed by atoms with Crippen molar-refractivity contribution in [1.82, 2.24) is 9.78 Å². The molecule has 1 aromatic carbocycles. The van der Waals surface area contributed by atoms with Gasteiger partial charge in [-0.15, -0.1) is 22.9 Å². The van der Waals surface area contributed by atoms with E-state index in [0.29, 0.717) is 21.8 Å². The van der Waals surface area contributed by atoms with Crippen molar-refractivity contribution in [3.8, 4) is 11.4 Å². The molecular formula is C19H18ClN3O5S. The first-order valence-corrected chi connectivity index (χ1v) is 10.1. The fourth-order valence-corrected chi connectivity index (χ4v) is 3.79. The molecule has 1 amide bonds. The molecule has 0 spiro atoms. The van der Waals surface area contributed by atoms with Gasteiger partial charge in [-0.25, -0.2) is 4.79 Å². The lowest BCUT2D eigenvalue weighted by Gasteiger charge is -2.10. The Bertz CT molecular complexity index is 1110. The molecule has 0 saturated heterocycles. The Labute approximate surface area is 175 Å². The summed E-state index contributed by atoms with van der Waals surface area (Å²) in [5, 5.41) is 9.36. The van der Waals surface area contributed by atoms with E-state index in [2.05, 4.69) is 10.4 Å². The van der Waals surface area contributed by atoms with Gasteiger partial charge in [0, 0.05) is 23.1 Å². The highest BCUT2D eigenvalue weighted by molar-refractivity contribution is 7.16. The van der Waals surface area contributed by atoms with Crippen molar-refractivity contribution in [3.05, 3.63) is 45.7 Å². The standard InChI is InChI=1S/C19H18ClN3O5S/c1-3-28-19(26)16-13-10-29-17(21-14(24)8-9-20)15(13)18(25)23(22-16)11-4-6-12(27-2)7-5-11/h4-7,10H,3,8-9H2,1-2H3,(H,21,24). The highest BCUT2D eigenvalue weighted by Gasteiger charge is 2.23. The van der Waals surface area contributed by atoms with E-state index in [1.54, 1.807) is 36.6 Å². The molecule has 0 atom stereocenters. The summed E-state index contributed by atoms with van der Waals surface area (Å²) < 4.78 is 11.3. The number of alkyl halides is 1. The number of esters is 1. The summed E-state index contributed by atoms with van der Waals surface area (Å²) in [6.07, 6.45) is 0.101. The topological polar surface area (TPSA) is 99.5 Å². The van der Waals surface area contributed by atoms with Crippen molar-refractivity contribution in [1.29, 1.82) is 0 Å². The van der Waals surface area contributed by atoms with E-state index in [1.165, 1.54) is 7.11 Å². The molecule has 0 aliphatic heterocycles. The third kappa shape index (κ3) is 4.25. The SMILES string of the molecule is CCOC(=O)c1nn(-c2ccc(OC)cc2)c(=O)c2c(NC(=O)CCCl)scc12. The van der Waals surface area contributed by atoms with Crippen LogP contribution in [0, 0.1) is 0 Å². The molecule has 3 aromatic rings. The lowest BCUT2D eigenvalue weighted by molar-refractivity contribution is -0.115. The predicted octanol–water partition coefficient (Wildman–Crippen LogP) is 3.20. The van der Waals surface area contributed by atoms with Crippen molar-refractivity contribution < 1.29 is 19.1 Å². The minimum atomic E-state index is -0.656. The quantitative estimate of drug-likeness (QED) is 0.452. The van der Waals surface area contributed by atoms with E-state index in [1.807, 2.05) is 0 Å². The number of hydrogen-bond acceptors (Lipinski definition) is 7. The van der Waals surface area contributed by atoms with Crippen molar-refractivity contribution in [3.63, 3.8) is 0 Å². The maximum atomic E-state index is 13.2. The Morgan fingerprint density at radius 3 is 2.62 bits per heavy atom. The number of thiophene rings is 1. The number of carbonyl (C=O) groups excluding carboxylic acids is 2. The number of rotatable bonds is 7. The first kappa shape index (κ1) is 20.8. The van der Waals surface area contributed by atoms with Crippen LogP contribution in [0.15, 0.2) is 34.4 Å². The van der Waals surface area contributed by atoms with E-state index in [9.17, 15) is 14.4 Å². The average molecular weight is 436 g/mol. The van der Waals surface area contributed by atoms with Gasteiger partial charge in [-0.05, 0) is 31.2 Å². The molecule has 10 heteroatoms. The molecule has 152 valence electrons. The molecule has 1 N–H and O–H groups in total. The number of amides is 1. The van der Waals surface area contributed by atoms with Crippen molar-refractivity contribution in [2.75, 3.05) is 24.9 Å². The monoisotopic (exact) mass is 435 g/mol. The lowest BCUT2D eigenvalue weighted by Crippen LogP contribution is -2.25. The van der Waals surface area contributed by atoms with Crippen molar-refractivity contribution in [2.45, 2.75) is 13.3 Å². The number of ether oxygens (including phenoxy) is 2. The summed E-state index contributed by atoms with van der Waals surface area (Å²) >= 11 is 6.75. The van der Waals surface area contributed by atoms with Gasteiger partial charge in [0.05, 0.1) is 24.8 Å². The number of benzene rings is 1. The van der Waals surface area contributed by atoms with Gasteiger partial charge in [-0.1, -0.05) is 0 Å². The molecule has 8 nitrogen and oxygen atoms in total. The average Bonchev–Trinajstić information content (AvgIpc) is 3.13. The second kappa shape index (κ2) is 9.06. The molecule has 0 aliphatic carbocycles. The second-order valence-electron chi connectivity index (χ2n) is 5.82. The third-order valence-corrected chi connectivity index (χ3v) is 5.10. The first-order chi connectivity index (χ1) is 14.0. The molecule has 0 aliphatic rings. The third-order valence-electron chi connectivity index (χ3n) is 4.01. The number of nitrogens with one attached hydrogen (secondary N) is 1. The zero-order valence-electron chi connectivity index (χ0n) is 15.7. The van der Waals surface area contributed by atoms with Gasteiger partial charge in [0.2, 0.25) is 5.91 Å². The second-order valence-corrected chi connectivity index (χ2v) is 7.08. The summed E-state index contributed by atoms with van der Waals surface area (Å²) in [4.78, 5) is 37.6. The summed E-state index contributed by atoms with van der Waals surface area (Å²) in [6, 6.07) is 6.64. The fourth-order valence-electron chi connectivity index (χ4n) is 2.67. The van der Waals surface area contributed by atoms with Crippen LogP contribution in [0.25, 0.3) is 16.5 Å². The van der Waals surface area contributed by atoms with Crippen LogP contribution in [-0.2, 0) is 9.53 Å². The van der Waals surface area contributed by atoms with E-state index in [0.717, 1.165) is 16.0 Å². The normalized spacial score (nSPS) is 10.7. The van der Waals surface area contributed by atoms with Crippen LogP contribution in [0.3, 0.4) is 0 Å². The van der Waals surface area contributed by atoms with Crippen molar-refractivity contribution in [2.24, 2.45) is 0 Å². The van der Waals surface area contributed by atoms with Gasteiger partial charge >= 0.3 is 5.97 Å². The molecule has 0 radical (unpaired) electrons. The molecular weight excluding hydrogens is 418 g/mol. The number of nitrogens with zero attached hydrogens (tertiary/aromatic N) is 2. The van der Waals surface area contributed by atoms with Gasteiger partial charge < -0.3 is 14.8 Å². The molecule has 2 heterocycles. The molecule has 0 saturated carbocycles. The Hall–Kier alpha value is -2.91. The van der Waals surface area contributed by atoms with Crippen LogP contribution in [-0.4, -0.2) is 41.3 Å². The zero-order valence-corrected chi connectivity index (χ0v) is 17.3. The Morgan fingerprint density at radius 1 is 1.28 bits per heavy atom. The molecule has 0 fully saturated rings. The highest BCUT2D eigenvalue weighted by Crippen LogP contribution is 2.31. The van der Waals surface area contributed by atoms with Gasteiger partial charge in [0.1, 0.15) is 10.8 Å². The number of hydrogen-bond donors (Lipinski definition) is 1. The Kier molecular flexibility index (Phi) is 6.50. The lowest BCUT2D eigenvalue weighted by atomic mass is 10.2. The number of fused-ring (bicyclic) bond motifs is 1. The minimum absolute atomic E-state index is 0.00800. The van der Waals surface area contributed by atoms with Crippen LogP contribution in [0.1, 0.15) is 23.8 Å². The van der Waals surface area contributed by atoms with E-state index >= 15 is 0 Å². The number of halogens is 1. The molecule has 2 aromatic heterocycles. The van der Waals surface area contributed by atoms with Gasteiger partial charge in [0.15, 0.2) is 5.69 Å². The maximum absolute atomic E-state index is 13.2. The van der Waals surface area contributed by atoms with Crippen LogP contribution in [0.2, 0.25) is 0 Å². The maximum Gasteiger partial charge on any atom is 0.359 e. The molecule has 3 rings (SSSR count). The van der Waals surface area contributed by atoms with Crippen LogP contribution < -0.4 is 15.6 Å². The minimum Gasteiger partial charge on any atom is -0.497 e. The first-order valence-electron chi connectivity index (χ1n) is 8.72. The summed E-state index contributed by atoms with van der Waals surface area (Å²) in [7, 11) is 1.53. The number of anilines is 1. The Balaban J connectivity index is 2.22. The van der Waals surface area contributed by atoms with Crippen LogP contribution in [0.5, 0.6) is 5.75 Å². The Morgan fingerprint density at radius 2 is 2.00 bits per heavy atom. The van der Waals surface area contributed by atoms with Crippen molar-refractivity contribution >= 4 is 50.6 Å². The van der Waals surface area contributed by atoms with Gasteiger partial charge in [0.25, 0.3) is 5.56 Å². The number of aromatic nitrogens is 2. The van der Waals surface area contributed by atoms with Crippen LogP contribution >= 0.6 is 22.9 Å². The van der Waals surface area contributed by atoms with Gasteiger partial charge in [-0.3, -0.25) is 9.59 Å².